The molecule has 116 valence electrons. The molecule has 0 fully saturated rings. The molecule has 1 atom stereocenters. The Morgan fingerprint density at radius 3 is 2.64 bits per heavy atom. The van der Waals surface area contributed by atoms with E-state index in [0.717, 1.165) is 5.56 Å². The molecule has 1 N–H and O–H groups in total. The highest BCUT2D eigenvalue weighted by molar-refractivity contribution is 6.31. The van der Waals surface area contributed by atoms with Gasteiger partial charge in [-0.2, -0.15) is 5.10 Å². The van der Waals surface area contributed by atoms with Gasteiger partial charge in [0.25, 0.3) is 5.91 Å². The molecule has 1 aromatic heterocycles. The molecule has 2 rings (SSSR count). The van der Waals surface area contributed by atoms with Crippen LogP contribution in [0.3, 0.4) is 0 Å². The number of nitrogens with zero attached hydrogens (tertiary/aromatic N) is 2. The highest BCUT2D eigenvalue weighted by Crippen LogP contribution is 2.26. The molecule has 2 aromatic rings. The highest BCUT2D eigenvalue weighted by atomic mass is 35.5. The second kappa shape index (κ2) is 6.62. The third-order valence-electron chi connectivity index (χ3n) is 3.31. The first kappa shape index (κ1) is 16.0. The first-order valence-corrected chi connectivity index (χ1v) is 7.01. The monoisotopic (exact) mass is 321 g/mol. The van der Waals surface area contributed by atoms with E-state index in [9.17, 15) is 9.59 Å². The van der Waals surface area contributed by atoms with E-state index in [2.05, 4.69) is 10.4 Å². The molecule has 0 saturated carbocycles. The van der Waals surface area contributed by atoms with Gasteiger partial charge >= 0.3 is 5.97 Å². The third kappa shape index (κ3) is 2.96. The molecule has 0 bridgehead atoms. The highest BCUT2D eigenvalue weighted by Gasteiger charge is 2.23. The molecular formula is C15H16ClN3O3. The van der Waals surface area contributed by atoms with Gasteiger partial charge in [-0.1, -0.05) is 29.8 Å². The maximum absolute atomic E-state index is 11.9. The van der Waals surface area contributed by atoms with Crippen LogP contribution in [0.5, 0.6) is 0 Å². The normalized spacial score (nSPS) is 11.8. The largest absolute Gasteiger partial charge is 0.464 e. The number of halogens is 1. The zero-order valence-electron chi connectivity index (χ0n) is 12.5. The van der Waals surface area contributed by atoms with Crippen LogP contribution in [0.4, 0.5) is 0 Å². The molecule has 0 aliphatic rings. The molecule has 0 aliphatic carbocycles. The second-order valence-electron chi connectivity index (χ2n) is 4.63. The number of aromatic nitrogens is 2. The summed E-state index contributed by atoms with van der Waals surface area (Å²) in [5.74, 6) is -0.947. The molecular weight excluding hydrogens is 306 g/mol. The maximum Gasteiger partial charge on any atom is 0.356 e. The van der Waals surface area contributed by atoms with Crippen molar-refractivity contribution in [1.29, 1.82) is 0 Å². The summed E-state index contributed by atoms with van der Waals surface area (Å²) in [5, 5.41) is 7.25. The van der Waals surface area contributed by atoms with Crippen molar-refractivity contribution < 1.29 is 14.3 Å². The van der Waals surface area contributed by atoms with Crippen molar-refractivity contribution in [2.75, 3.05) is 14.2 Å². The lowest BCUT2D eigenvalue weighted by Crippen LogP contribution is -2.20. The first-order valence-electron chi connectivity index (χ1n) is 6.64. The molecule has 1 amide bonds. The summed E-state index contributed by atoms with van der Waals surface area (Å²) >= 11 is 6.19. The van der Waals surface area contributed by atoms with E-state index in [0.29, 0.717) is 5.02 Å². The quantitative estimate of drug-likeness (QED) is 0.877. The fraction of sp³-hybridized carbons (Fsp3) is 0.267. The molecule has 0 saturated heterocycles. The van der Waals surface area contributed by atoms with Gasteiger partial charge in [-0.25, -0.2) is 4.79 Å². The van der Waals surface area contributed by atoms with Crippen LogP contribution >= 0.6 is 11.6 Å². The number of hydrogen-bond acceptors (Lipinski definition) is 4. The van der Waals surface area contributed by atoms with Crippen molar-refractivity contribution in [3.05, 3.63) is 52.3 Å². The van der Waals surface area contributed by atoms with Gasteiger partial charge in [0.15, 0.2) is 5.69 Å². The average molecular weight is 322 g/mol. The smallest absolute Gasteiger partial charge is 0.356 e. The minimum Gasteiger partial charge on any atom is -0.464 e. The number of hydrogen-bond donors (Lipinski definition) is 1. The predicted molar refractivity (Wildman–Crippen MR) is 82.2 cm³/mol. The molecule has 7 heteroatoms. The Hall–Kier alpha value is -2.34. The molecule has 0 radical (unpaired) electrons. The van der Waals surface area contributed by atoms with Gasteiger partial charge in [0.2, 0.25) is 0 Å². The summed E-state index contributed by atoms with van der Waals surface area (Å²) in [4.78, 5) is 23.7. The summed E-state index contributed by atoms with van der Waals surface area (Å²) in [5.41, 5.74) is 1.12. The van der Waals surface area contributed by atoms with Gasteiger partial charge in [-0.05, 0) is 18.6 Å². The molecule has 1 unspecified atom stereocenters. The fourth-order valence-corrected chi connectivity index (χ4v) is 2.43. The Balaban J connectivity index is 2.53. The molecule has 22 heavy (non-hydrogen) atoms. The maximum atomic E-state index is 11.9. The van der Waals surface area contributed by atoms with Crippen LogP contribution in [-0.4, -0.2) is 35.8 Å². The number of ether oxygens (including phenoxy) is 1. The molecule has 6 nitrogen and oxygen atoms in total. The van der Waals surface area contributed by atoms with Gasteiger partial charge < -0.3 is 10.1 Å². The summed E-state index contributed by atoms with van der Waals surface area (Å²) in [6.07, 6.45) is 0. The summed E-state index contributed by atoms with van der Waals surface area (Å²) in [7, 11) is 2.77. The second-order valence-corrected chi connectivity index (χ2v) is 5.03. The topological polar surface area (TPSA) is 73.2 Å². The number of carbonyl (C=O) groups is 2. The summed E-state index contributed by atoms with van der Waals surface area (Å²) < 4.78 is 6.20. The Labute approximate surface area is 133 Å². The van der Waals surface area contributed by atoms with E-state index in [1.807, 2.05) is 25.1 Å². The van der Waals surface area contributed by atoms with Gasteiger partial charge in [0, 0.05) is 18.1 Å². The van der Waals surface area contributed by atoms with E-state index in [1.165, 1.54) is 24.9 Å². The average Bonchev–Trinajstić information content (AvgIpc) is 2.98. The number of nitrogens with one attached hydrogen (secondary N) is 1. The molecule has 1 heterocycles. The van der Waals surface area contributed by atoms with E-state index < -0.39 is 5.97 Å². The number of rotatable bonds is 4. The standard InChI is InChI=1S/C15H16ClN3O3/c1-9(10-6-4-5-7-11(10)16)19-13(15(21)22-3)8-12(18-19)14(20)17-2/h4-9H,1-3H3,(H,17,20). The molecule has 1 aromatic carbocycles. The van der Waals surface area contributed by atoms with Gasteiger partial charge in [-0.15, -0.1) is 0 Å². The van der Waals surface area contributed by atoms with Gasteiger partial charge in [0.05, 0.1) is 13.2 Å². The van der Waals surface area contributed by atoms with Crippen LogP contribution in [0.25, 0.3) is 0 Å². The lowest BCUT2D eigenvalue weighted by Gasteiger charge is -2.16. The predicted octanol–water partition coefficient (Wildman–Crippen LogP) is 2.29. The minimum atomic E-state index is -0.568. The van der Waals surface area contributed by atoms with Crippen LogP contribution in [-0.2, 0) is 4.74 Å². The van der Waals surface area contributed by atoms with Crippen molar-refractivity contribution >= 4 is 23.5 Å². The van der Waals surface area contributed by atoms with Gasteiger partial charge in [-0.3, -0.25) is 9.48 Å². The third-order valence-corrected chi connectivity index (χ3v) is 3.66. The summed E-state index contributed by atoms with van der Waals surface area (Å²) in [6.45, 7) is 1.84. The van der Waals surface area contributed by atoms with Crippen LogP contribution in [0.15, 0.2) is 30.3 Å². The molecule has 0 aliphatic heterocycles. The summed E-state index contributed by atoms with van der Waals surface area (Å²) in [6, 6.07) is 8.33. The minimum absolute atomic E-state index is 0.141. The Morgan fingerprint density at radius 2 is 2.05 bits per heavy atom. The lowest BCUT2D eigenvalue weighted by molar-refractivity contribution is 0.0585. The van der Waals surface area contributed by atoms with Crippen molar-refractivity contribution in [2.24, 2.45) is 0 Å². The van der Waals surface area contributed by atoms with E-state index in [1.54, 1.807) is 6.07 Å². The number of methoxy groups -OCH3 is 1. The van der Waals surface area contributed by atoms with E-state index in [-0.39, 0.29) is 23.3 Å². The van der Waals surface area contributed by atoms with Crippen LogP contribution in [0, 0.1) is 0 Å². The van der Waals surface area contributed by atoms with Crippen LogP contribution in [0.1, 0.15) is 39.5 Å². The molecule has 0 spiro atoms. The number of benzene rings is 1. The zero-order chi connectivity index (χ0) is 16.3. The lowest BCUT2D eigenvalue weighted by atomic mass is 10.1. The Bertz CT molecular complexity index is 712. The zero-order valence-corrected chi connectivity index (χ0v) is 13.2. The van der Waals surface area contributed by atoms with E-state index in [4.69, 9.17) is 16.3 Å². The number of amides is 1. The number of carbonyl (C=O) groups excluding carboxylic acids is 2. The van der Waals surface area contributed by atoms with E-state index >= 15 is 0 Å². The fourth-order valence-electron chi connectivity index (χ4n) is 2.13. The van der Waals surface area contributed by atoms with Crippen molar-refractivity contribution in [1.82, 2.24) is 15.1 Å². The van der Waals surface area contributed by atoms with Crippen LogP contribution in [0.2, 0.25) is 5.02 Å². The first-order chi connectivity index (χ1) is 10.5. The Morgan fingerprint density at radius 1 is 1.36 bits per heavy atom. The number of esters is 1. The van der Waals surface area contributed by atoms with Crippen molar-refractivity contribution in [2.45, 2.75) is 13.0 Å². The Kier molecular flexibility index (Phi) is 4.82. The van der Waals surface area contributed by atoms with Crippen molar-refractivity contribution in [3.63, 3.8) is 0 Å². The SMILES string of the molecule is CNC(=O)c1cc(C(=O)OC)n(C(C)c2ccccc2Cl)n1. The van der Waals surface area contributed by atoms with Gasteiger partial charge in [0.1, 0.15) is 5.69 Å². The van der Waals surface area contributed by atoms with Crippen molar-refractivity contribution in [3.8, 4) is 0 Å². The van der Waals surface area contributed by atoms with Crippen LogP contribution < -0.4 is 5.32 Å².